The lowest BCUT2D eigenvalue weighted by molar-refractivity contribution is -0.139. The molecule has 0 unspecified atom stereocenters. The molecular formula is C14H22O4S2. The van der Waals surface area contributed by atoms with E-state index in [0.717, 1.165) is 11.5 Å². The first kappa shape index (κ1) is 19.1. The average Bonchev–Trinajstić information content (AvgIpc) is 2.38. The maximum atomic E-state index is 11.1. The molecule has 4 nitrogen and oxygen atoms in total. The fraction of sp³-hybridized carbons (Fsp3) is 0.571. The SMILES string of the molecule is C=C(C)C(=O)OCCSC(C)SCCOC(=O)C(=C)C. The van der Waals surface area contributed by atoms with Gasteiger partial charge in [-0.05, 0) is 20.8 Å². The van der Waals surface area contributed by atoms with E-state index in [1.807, 2.05) is 0 Å². The highest BCUT2D eigenvalue weighted by Gasteiger charge is 2.07. The van der Waals surface area contributed by atoms with Gasteiger partial charge in [-0.15, -0.1) is 23.5 Å². The summed E-state index contributed by atoms with van der Waals surface area (Å²) < 4.78 is 10.3. The number of esters is 2. The van der Waals surface area contributed by atoms with Crippen molar-refractivity contribution in [2.45, 2.75) is 25.4 Å². The van der Waals surface area contributed by atoms with Gasteiger partial charge in [-0.3, -0.25) is 0 Å². The normalized spacial score (nSPS) is 10.2. The van der Waals surface area contributed by atoms with Crippen LogP contribution in [0.3, 0.4) is 0 Å². The van der Waals surface area contributed by atoms with Gasteiger partial charge in [-0.25, -0.2) is 9.59 Å². The first-order valence-corrected chi connectivity index (χ1v) is 8.32. The summed E-state index contributed by atoms with van der Waals surface area (Å²) in [4.78, 5) is 22.3. The Balaban J connectivity index is 3.53. The molecule has 0 saturated heterocycles. The molecule has 0 aromatic carbocycles. The van der Waals surface area contributed by atoms with Gasteiger partial charge >= 0.3 is 11.9 Å². The van der Waals surface area contributed by atoms with Crippen molar-refractivity contribution in [3.8, 4) is 0 Å². The van der Waals surface area contributed by atoms with Crippen LogP contribution in [0.5, 0.6) is 0 Å². The summed E-state index contributed by atoms with van der Waals surface area (Å²) in [6.45, 7) is 13.1. The molecule has 0 rings (SSSR count). The van der Waals surface area contributed by atoms with E-state index in [2.05, 4.69) is 20.1 Å². The topological polar surface area (TPSA) is 52.6 Å². The standard InChI is InChI=1S/C14H22O4S2/c1-10(2)13(15)17-6-8-19-12(5)20-9-7-18-14(16)11(3)4/h12H,1,3,6-9H2,2,4-5H3. The van der Waals surface area contributed by atoms with E-state index in [4.69, 9.17) is 9.47 Å². The molecule has 0 radical (unpaired) electrons. The van der Waals surface area contributed by atoms with Crippen LogP contribution in [-0.2, 0) is 19.1 Å². The second-order valence-corrected chi connectivity index (χ2v) is 7.34. The predicted octanol–water partition coefficient (Wildman–Crippen LogP) is 3.04. The molecule has 0 aliphatic rings. The van der Waals surface area contributed by atoms with Gasteiger partial charge in [0.25, 0.3) is 0 Å². The Kier molecular flexibility index (Phi) is 10.4. The van der Waals surface area contributed by atoms with Crippen molar-refractivity contribution in [3.05, 3.63) is 24.3 Å². The average molecular weight is 318 g/mol. The van der Waals surface area contributed by atoms with Crippen LogP contribution in [0, 0.1) is 0 Å². The molecule has 0 aromatic heterocycles. The van der Waals surface area contributed by atoms with E-state index in [1.54, 1.807) is 37.4 Å². The van der Waals surface area contributed by atoms with Crippen molar-refractivity contribution in [3.63, 3.8) is 0 Å². The molecule has 0 amide bonds. The summed E-state index contributed by atoms with van der Waals surface area (Å²) in [5, 5.41) is 0. The zero-order valence-corrected chi connectivity index (χ0v) is 13.9. The van der Waals surface area contributed by atoms with Crippen molar-refractivity contribution in [1.29, 1.82) is 0 Å². The fourth-order valence-electron chi connectivity index (χ4n) is 0.991. The van der Waals surface area contributed by atoms with Crippen molar-refractivity contribution >= 4 is 35.5 Å². The Bertz CT molecular complexity index is 332. The first-order chi connectivity index (χ1) is 9.34. The van der Waals surface area contributed by atoms with Crippen LogP contribution >= 0.6 is 23.5 Å². The number of rotatable bonds is 10. The predicted molar refractivity (Wildman–Crippen MR) is 85.9 cm³/mol. The van der Waals surface area contributed by atoms with Crippen LogP contribution in [-0.4, -0.2) is 41.2 Å². The Morgan fingerprint density at radius 3 is 1.60 bits per heavy atom. The zero-order valence-electron chi connectivity index (χ0n) is 12.3. The Labute approximate surface area is 129 Å². The number of ether oxygens (including phenoxy) is 2. The van der Waals surface area contributed by atoms with Gasteiger partial charge in [0.1, 0.15) is 13.2 Å². The van der Waals surface area contributed by atoms with Crippen molar-refractivity contribution in [2.24, 2.45) is 0 Å². The number of thioether (sulfide) groups is 2. The summed E-state index contributed by atoms with van der Waals surface area (Å²) in [6.07, 6.45) is 0. The van der Waals surface area contributed by atoms with Crippen LogP contribution in [0.15, 0.2) is 24.3 Å². The molecule has 0 aromatic rings. The summed E-state index contributed by atoms with van der Waals surface area (Å²) in [7, 11) is 0. The van der Waals surface area contributed by atoms with Crippen molar-refractivity contribution < 1.29 is 19.1 Å². The molecule has 0 bridgehead atoms. The van der Waals surface area contributed by atoms with E-state index >= 15 is 0 Å². The molecule has 0 saturated carbocycles. The van der Waals surface area contributed by atoms with Crippen molar-refractivity contribution in [1.82, 2.24) is 0 Å². The maximum Gasteiger partial charge on any atom is 0.333 e. The lowest BCUT2D eigenvalue weighted by atomic mass is 10.4. The molecular weight excluding hydrogens is 296 g/mol. The van der Waals surface area contributed by atoms with E-state index < -0.39 is 0 Å². The smallest absolute Gasteiger partial charge is 0.333 e. The highest BCUT2D eigenvalue weighted by Crippen LogP contribution is 2.22. The van der Waals surface area contributed by atoms with Crippen LogP contribution in [0.25, 0.3) is 0 Å². The van der Waals surface area contributed by atoms with E-state index in [-0.39, 0.29) is 11.9 Å². The maximum absolute atomic E-state index is 11.1. The number of hydrogen-bond donors (Lipinski definition) is 0. The zero-order chi connectivity index (χ0) is 15.5. The molecule has 0 aliphatic carbocycles. The molecule has 0 fully saturated rings. The Morgan fingerprint density at radius 1 is 0.950 bits per heavy atom. The molecule has 0 N–H and O–H groups in total. The molecule has 114 valence electrons. The summed E-state index contributed by atoms with van der Waals surface area (Å²) >= 11 is 3.39. The van der Waals surface area contributed by atoms with E-state index in [1.165, 1.54) is 0 Å². The molecule has 0 aliphatic heterocycles. The fourth-order valence-corrected chi connectivity index (χ4v) is 2.98. The summed E-state index contributed by atoms with van der Waals surface area (Å²) in [5.74, 6) is 0.771. The highest BCUT2D eigenvalue weighted by molar-refractivity contribution is 8.16. The lowest BCUT2D eigenvalue weighted by Gasteiger charge is -2.11. The molecule has 0 spiro atoms. The third-order valence-electron chi connectivity index (χ3n) is 2.04. The second kappa shape index (κ2) is 10.9. The summed E-state index contributed by atoms with van der Waals surface area (Å²) in [5.41, 5.74) is 0.827. The quantitative estimate of drug-likeness (QED) is 0.267. The van der Waals surface area contributed by atoms with E-state index in [9.17, 15) is 9.59 Å². The van der Waals surface area contributed by atoms with Gasteiger partial charge in [-0.1, -0.05) is 13.2 Å². The lowest BCUT2D eigenvalue weighted by Crippen LogP contribution is -2.10. The summed E-state index contributed by atoms with van der Waals surface area (Å²) in [6, 6.07) is 0. The van der Waals surface area contributed by atoms with E-state index in [0.29, 0.717) is 28.9 Å². The molecule has 6 heteroatoms. The minimum absolute atomic E-state index is 0.349. The number of carbonyl (C=O) groups is 2. The molecule has 0 heterocycles. The van der Waals surface area contributed by atoms with Gasteiger partial charge < -0.3 is 9.47 Å². The minimum atomic E-state index is -0.349. The van der Waals surface area contributed by atoms with Gasteiger partial charge in [0.05, 0.1) is 0 Å². The minimum Gasteiger partial charge on any atom is -0.461 e. The highest BCUT2D eigenvalue weighted by atomic mass is 32.2. The second-order valence-electron chi connectivity index (χ2n) is 4.14. The third kappa shape index (κ3) is 9.97. The van der Waals surface area contributed by atoms with Crippen LogP contribution in [0.1, 0.15) is 20.8 Å². The van der Waals surface area contributed by atoms with Crippen molar-refractivity contribution in [2.75, 3.05) is 24.7 Å². The van der Waals surface area contributed by atoms with Crippen LogP contribution in [0.2, 0.25) is 0 Å². The van der Waals surface area contributed by atoms with Gasteiger partial charge in [-0.2, -0.15) is 0 Å². The molecule has 0 atom stereocenters. The third-order valence-corrected chi connectivity index (χ3v) is 4.60. The molecule has 20 heavy (non-hydrogen) atoms. The first-order valence-electron chi connectivity index (χ1n) is 6.23. The van der Waals surface area contributed by atoms with Crippen LogP contribution in [0.4, 0.5) is 0 Å². The monoisotopic (exact) mass is 318 g/mol. The van der Waals surface area contributed by atoms with Crippen LogP contribution < -0.4 is 0 Å². The number of hydrogen-bond acceptors (Lipinski definition) is 6. The largest absolute Gasteiger partial charge is 0.461 e. The van der Waals surface area contributed by atoms with Gasteiger partial charge in [0.2, 0.25) is 0 Å². The van der Waals surface area contributed by atoms with Gasteiger partial charge in [0, 0.05) is 27.2 Å². The van der Waals surface area contributed by atoms with Gasteiger partial charge in [0.15, 0.2) is 0 Å². The Morgan fingerprint density at radius 2 is 1.30 bits per heavy atom. The number of carbonyl (C=O) groups excluding carboxylic acids is 2. The Hall–Kier alpha value is -0.880.